The van der Waals surface area contributed by atoms with Crippen LogP contribution < -0.4 is 15.5 Å². The molecular weight excluding hydrogens is 345 g/mol. The van der Waals surface area contributed by atoms with Gasteiger partial charge in [-0.2, -0.15) is 0 Å². The summed E-state index contributed by atoms with van der Waals surface area (Å²) in [5, 5.41) is 24.6. The molecule has 0 aliphatic rings. The summed E-state index contributed by atoms with van der Waals surface area (Å²) >= 11 is 11.6. The molecule has 0 bridgehead atoms. The lowest BCUT2D eigenvalue weighted by atomic mass is 10.1. The molecule has 6 nitrogen and oxygen atoms in total. The lowest BCUT2D eigenvalue weighted by Crippen LogP contribution is -2.26. The molecule has 0 unspecified atom stereocenters. The number of anilines is 1. The van der Waals surface area contributed by atoms with Gasteiger partial charge in [-0.15, -0.1) is 0 Å². The summed E-state index contributed by atoms with van der Waals surface area (Å²) in [5.74, 6) is -3.79. The van der Waals surface area contributed by atoms with Crippen LogP contribution in [0.1, 0.15) is 31.1 Å². The Kier molecular flexibility index (Phi) is 4.88. The van der Waals surface area contributed by atoms with Gasteiger partial charge in [0.05, 0.1) is 22.0 Å². The molecule has 0 saturated carbocycles. The zero-order chi connectivity index (χ0) is 17.1. The van der Waals surface area contributed by atoms with Crippen molar-refractivity contribution in [1.29, 1.82) is 0 Å². The molecule has 0 radical (unpaired) electrons. The fourth-order valence-electron chi connectivity index (χ4n) is 1.78. The zero-order valence-electron chi connectivity index (χ0n) is 11.3. The van der Waals surface area contributed by atoms with Gasteiger partial charge in [-0.25, -0.2) is 0 Å². The highest BCUT2D eigenvalue weighted by molar-refractivity contribution is 6.42. The maximum atomic E-state index is 12.1. The zero-order valence-corrected chi connectivity index (χ0v) is 12.8. The summed E-state index contributed by atoms with van der Waals surface area (Å²) in [6.45, 7) is 0. The molecule has 2 rings (SSSR count). The molecule has 118 valence electrons. The number of rotatable bonds is 4. The van der Waals surface area contributed by atoms with E-state index in [2.05, 4.69) is 5.32 Å². The fourth-order valence-corrected chi connectivity index (χ4v) is 2.07. The lowest BCUT2D eigenvalue weighted by molar-refractivity contribution is -0.255. The Morgan fingerprint density at radius 1 is 0.783 bits per heavy atom. The second kappa shape index (κ2) is 6.68. The van der Waals surface area contributed by atoms with Gasteiger partial charge < -0.3 is 25.1 Å². The van der Waals surface area contributed by atoms with Gasteiger partial charge in [0.1, 0.15) is 0 Å². The summed E-state index contributed by atoms with van der Waals surface area (Å²) in [7, 11) is 0. The molecule has 2 aromatic carbocycles. The van der Waals surface area contributed by atoms with E-state index in [0.29, 0.717) is 0 Å². The van der Waals surface area contributed by atoms with E-state index in [4.69, 9.17) is 23.2 Å². The van der Waals surface area contributed by atoms with Crippen LogP contribution in [0.25, 0.3) is 0 Å². The predicted octanol–water partition coefficient (Wildman–Crippen LogP) is 0.973. The maximum absolute atomic E-state index is 12.1. The number of aromatic carboxylic acids is 2. The number of amides is 1. The van der Waals surface area contributed by atoms with E-state index in [1.165, 1.54) is 18.2 Å². The van der Waals surface area contributed by atoms with Crippen molar-refractivity contribution in [2.24, 2.45) is 0 Å². The van der Waals surface area contributed by atoms with E-state index in [1.807, 2.05) is 0 Å². The van der Waals surface area contributed by atoms with E-state index >= 15 is 0 Å². The second-order valence-corrected chi connectivity index (χ2v) is 5.27. The van der Waals surface area contributed by atoms with Crippen molar-refractivity contribution in [3.8, 4) is 0 Å². The van der Waals surface area contributed by atoms with Crippen LogP contribution in [-0.4, -0.2) is 17.8 Å². The van der Waals surface area contributed by atoms with Gasteiger partial charge in [0.25, 0.3) is 5.91 Å². The van der Waals surface area contributed by atoms with Crippen LogP contribution >= 0.6 is 23.2 Å². The van der Waals surface area contributed by atoms with Crippen LogP contribution in [0.4, 0.5) is 5.69 Å². The minimum Gasteiger partial charge on any atom is -0.545 e. The number of nitrogens with one attached hydrogen (secondary N) is 1. The third kappa shape index (κ3) is 4.00. The molecule has 23 heavy (non-hydrogen) atoms. The van der Waals surface area contributed by atoms with Crippen LogP contribution in [0.2, 0.25) is 10.0 Å². The largest absolute Gasteiger partial charge is 0.545 e. The van der Waals surface area contributed by atoms with E-state index < -0.39 is 29.0 Å². The Bertz CT molecular complexity index is 787. The van der Waals surface area contributed by atoms with Gasteiger partial charge in [0.2, 0.25) is 0 Å². The summed E-state index contributed by atoms with van der Waals surface area (Å²) in [6.07, 6.45) is 0. The monoisotopic (exact) mass is 351 g/mol. The first-order chi connectivity index (χ1) is 10.8. The standard InChI is InChI=1S/C15H9Cl2NO5/c16-11-2-1-7(6-12(11)17)13(19)18-10-4-8(14(20)21)3-9(5-10)15(22)23/h1-6H,(H,18,19)(H,20,21)(H,22,23)/p-2. The van der Waals surface area contributed by atoms with Crippen molar-refractivity contribution >= 4 is 46.7 Å². The molecule has 0 aromatic heterocycles. The number of hydrogen-bond acceptors (Lipinski definition) is 5. The molecule has 0 aliphatic heterocycles. The highest BCUT2D eigenvalue weighted by Crippen LogP contribution is 2.23. The summed E-state index contributed by atoms with van der Waals surface area (Å²) in [5.41, 5.74) is -0.692. The van der Waals surface area contributed by atoms with Gasteiger partial charge in [-0.1, -0.05) is 23.2 Å². The van der Waals surface area contributed by atoms with E-state index in [-0.39, 0.29) is 21.3 Å². The number of benzene rings is 2. The number of halogens is 2. The smallest absolute Gasteiger partial charge is 0.255 e. The highest BCUT2D eigenvalue weighted by Gasteiger charge is 2.10. The SMILES string of the molecule is O=C([O-])c1cc(NC(=O)c2ccc(Cl)c(Cl)c2)cc(C(=O)[O-])c1. The minimum absolute atomic E-state index is 0.0398. The maximum Gasteiger partial charge on any atom is 0.255 e. The van der Waals surface area contributed by atoms with Gasteiger partial charge >= 0.3 is 0 Å². The van der Waals surface area contributed by atoms with Crippen molar-refractivity contribution in [2.75, 3.05) is 5.32 Å². The average Bonchev–Trinajstić information content (AvgIpc) is 2.49. The number of hydrogen-bond donors (Lipinski definition) is 1. The number of carbonyl (C=O) groups is 3. The summed E-state index contributed by atoms with van der Waals surface area (Å²) < 4.78 is 0. The molecule has 0 heterocycles. The van der Waals surface area contributed by atoms with Crippen molar-refractivity contribution in [1.82, 2.24) is 0 Å². The fraction of sp³-hybridized carbons (Fsp3) is 0. The number of carbonyl (C=O) groups excluding carboxylic acids is 3. The molecule has 2 aromatic rings. The molecule has 0 spiro atoms. The van der Waals surface area contributed by atoms with Gasteiger partial charge in [0.15, 0.2) is 0 Å². The molecule has 1 N–H and O–H groups in total. The first-order valence-electron chi connectivity index (χ1n) is 6.12. The Morgan fingerprint density at radius 2 is 1.35 bits per heavy atom. The first kappa shape index (κ1) is 16.8. The quantitative estimate of drug-likeness (QED) is 0.882. The minimum atomic E-state index is -1.59. The molecular formula is C15H7Cl2NO5-2. The van der Waals surface area contributed by atoms with Gasteiger partial charge in [0, 0.05) is 11.3 Å². The van der Waals surface area contributed by atoms with E-state index in [9.17, 15) is 24.6 Å². The molecule has 0 atom stereocenters. The molecule has 8 heteroatoms. The van der Waals surface area contributed by atoms with Gasteiger partial charge in [-0.3, -0.25) is 4.79 Å². The normalized spacial score (nSPS) is 10.2. The van der Waals surface area contributed by atoms with Crippen LogP contribution in [-0.2, 0) is 0 Å². The second-order valence-electron chi connectivity index (χ2n) is 4.46. The van der Waals surface area contributed by atoms with Crippen LogP contribution in [0.3, 0.4) is 0 Å². The number of carboxylic acids is 2. The Hall–Kier alpha value is -2.57. The average molecular weight is 352 g/mol. The Labute approximate surface area is 140 Å². The van der Waals surface area contributed by atoms with Crippen molar-refractivity contribution in [3.05, 3.63) is 63.1 Å². The Morgan fingerprint density at radius 3 is 1.83 bits per heavy atom. The third-order valence-electron chi connectivity index (χ3n) is 2.84. The topological polar surface area (TPSA) is 109 Å². The molecule has 0 fully saturated rings. The van der Waals surface area contributed by atoms with Gasteiger partial charge in [-0.05, 0) is 47.5 Å². The van der Waals surface area contributed by atoms with Crippen LogP contribution in [0.5, 0.6) is 0 Å². The predicted molar refractivity (Wildman–Crippen MR) is 79.5 cm³/mol. The van der Waals surface area contributed by atoms with E-state index in [1.54, 1.807) is 0 Å². The molecule has 1 amide bonds. The van der Waals surface area contributed by atoms with Crippen LogP contribution in [0, 0.1) is 0 Å². The van der Waals surface area contributed by atoms with Crippen LogP contribution in [0.15, 0.2) is 36.4 Å². The summed E-state index contributed by atoms with van der Waals surface area (Å²) in [6, 6.07) is 7.16. The molecule has 0 saturated heterocycles. The third-order valence-corrected chi connectivity index (χ3v) is 3.58. The summed E-state index contributed by atoms with van der Waals surface area (Å²) in [4.78, 5) is 33.9. The first-order valence-corrected chi connectivity index (χ1v) is 6.87. The molecule has 0 aliphatic carbocycles. The van der Waals surface area contributed by atoms with Crippen molar-refractivity contribution < 1.29 is 24.6 Å². The van der Waals surface area contributed by atoms with Crippen molar-refractivity contribution in [3.63, 3.8) is 0 Å². The number of carboxylic acid groups (broad SMARTS) is 2. The van der Waals surface area contributed by atoms with E-state index in [0.717, 1.165) is 18.2 Å². The lowest BCUT2D eigenvalue weighted by Gasteiger charge is -2.12. The van der Waals surface area contributed by atoms with Crippen molar-refractivity contribution in [2.45, 2.75) is 0 Å². The highest BCUT2D eigenvalue weighted by atomic mass is 35.5. The Balaban J connectivity index is 2.34.